The number of fused-ring (bicyclic) bond motifs is 1. The van der Waals surface area contributed by atoms with Crippen LogP contribution < -0.4 is 10.9 Å². The fourth-order valence-corrected chi connectivity index (χ4v) is 3.01. The first-order chi connectivity index (χ1) is 14.0. The van der Waals surface area contributed by atoms with E-state index in [0.29, 0.717) is 28.2 Å². The summed E-state index contributed by atoms with van der Waals surface area (Å²) in [6, 6.07) is 9.14. The molecule has 1 amide bonds. The van der Waals surface area contributed by atoms with E-state index in [0.717, 1.165) is 0 Å². The molecule has 0 fully saturated rings. The first-order valence-corrected chi connectivity index (χ1v) is 8.94. The van der Waals surface area contributed by atoms with Crippen LogP contribution in [0.25, 0.3) is 16.7 Å². The van der Waals surface area contributed by atoms with E-state index in [1.54, 1.807) is 43.6 Å². The van der Waals surface area contributed by atoms with Crippen LogP contribution in [0.5, 0.6) is 0 Å². The summed E-state index contributed by atoms with van der Waals surface area (Å²) in [6.45, 7) is 1.88. The van der Waals surface area contributed by atoms with E-state index >= 15 is 0 Å². The Morgan fingerprint density at radius 1 is 1.14 bits per heavy atom. The van der Waals surface area contributed by atoms with E-state index in [1.165, 1.54) is 27.6 Å². The lowest BCUT2D eigenvalue weighted by Gasteiger charge is -2.10. The van der Waals surface area contributed by atoms with Crippen molar-refractivity contribution in [1.82, 2.24) is 24.3 Å². The van der Waals surface area contributed by atoms with Crippen molar-refractivity contribution >= 4 is 22.6 Å². The molecule has 4 rings (SSSR count). The fourth-order valence-electron chi connectivity index (χ4n) is 3.01. The second-order valence-corrected chi connectivity index (χ2v) is 6.42. The van der Waals surface area contributed by atoms with Gasteiger partial charge in [0.25, 0.3) is 5.56 Å². The van der Waals surface area contributed by atoms with Gasteiger partial charge in [0.15, 0.2) is 5.65 Å². The van der Waals surface area contributed by atoms with Crippen molar-refractivity contribution in [3.05, 3.63) is 77.0 Å². The van der Waals surface area contributed by atoms with Gasteiger partial charge in [-0.25, -0.2) is 14.1 Å². The van der Waals surface area contributed by atoms with Crippen LogP contribution in [0.2, 0.25) is 0 Å². The molecule has 0 atom stereocenters. The number of benzene rings is 1. The highest BCUT2D eigenvalue weighted by Gasteiger charge is 2.15. The molecule has 1 N–H and O–H groups in total. The summed E-state index contributed by atoms with van der Waals surface area (Å²) < 4.78 is 16.1. The maximum atomic E-state index is 13.2. The van der Waals surface area contributed by atoms with Gasteiger partial charge in [0.05, 0.1) is 11.9 Å². The van der Waals surface area contributed by atoms with Gasteiger partial charge in [0.2, 0.25) is 5.91 Å². The lowest BCUT2D eigenvalue weighted by atomic mass is 10.3. The van der Waals surface area contributed by atoms with Crippen molar-refractivity contribution in [1.29, 1.82) is 0 Å². The highest BCUT2D eigenvalue weighted by atomic mass is 19.1. The molecule has 0 spiro atoms. The van der Waals surface area contributed by atoms with Crippen LogP contribution in [0.4, 0.5) is 10.1 Å². The molecule has 0 saturated heterocycles. The first kappa shape index (κ1) is 18.5. The van der Waals surface area contributed by atoms with Crippen LogP contribution in [-0.4, -0.2) is 30.2 Å². The molecular weight excluding hydrogens is 375 g/mol. The van der Waals surface area contributed by atoms with Crippen LogP contribution in [0.3, 0.4) is 0 Å². The monoisotopic (exact) mass is 392 g/mol. The third-order valence-electron chi connectivity index (χ3n) is 4.48. The minimum absolute atomic E-state index is 0.113. The van der Waals surface area contributed by atoms with Crippen molar-refractivity contribution in [3.8, 4) is 5.69 Å². The van der Waals surface area contributed by atoms with Crippen LogP contribution in [0.15, 0.2) is 59.8 Å². The van der Waals surface area contributed by atoms with E-state index in [9.17, 15) is 14.0 Å². The van der Waals surface area contributed by atoms with E-state index in [-0.39, 0.29) is 30.2 Å². The van der Waals surface area contributed by atoms with E-state index in [4.69, 9.17) is 0 Å². The number of anilines is 1. The SMILES string of the molecule is Cc1nc2c(cnn2-c2ccc(F)cc2)c(=O)n1CCC(=O)Nc1ccncc1. The number of nitrogens with zero attached hydrogens (tertiary/aromatic N) is 5. The number of aryl methyl sites for hydroxylation is 1. The van der Waals surface area contributed by atoms with Gasteiger partial charge in [-0.1, -0.05) is 0 Å². The molecule has 4 aromatic rings. The number of amides is 1. The predicted molar refractivity (Wildman–Crippen MR) is 105 cm³/mol. The van der Waals surface area contributed by atoms with Gasteiger partial charge in [-0.2, -0.15) is 5.10 Å². The molecule has 0 aliphatic rings. The Kier molecular flexibility index (Phi) is 4.86. The maximum absolute atomic E-state index is 13.2. The van der Waals surface area contributed by atoms with E-state index in [2.05, 4.69) is 20.4 Å². The Hall–Kier alpha value is -3.88. The molecule has 3 heterocycles. The van der Waals surface area contributed by atoms with Gasteiger partial charge in [-0.3, -0.25) is 19.1 Å². The Labute approximate surface area is 164 Å². The highest BCUT2D eigenvalue weighted by Crippen LogP contribution is 2.15. The molecule has 0 aliphatic heterocycles. The normalized spacial score (nSPS) is 11.0. The second-order valence-electron chi connectivity index (χ2n) is 6.42. The number of carbonyl (C=O) groups is 1. The number of hydrogen-bond acceptors (Lipinski definition) is 5. The molecule has 0 bridgehead atoms. The number of halogens is 1. The lowest BCUT2D eigenvalue weighted by molar-refractivity contribution is -0.116. The Morgan fingerprint density at radius 2 is 1.86 bits per heavy atom. The minimum Gasteiger partial charge on any atom is -0.326 e. The molecule has 9 heteroatoms. The van der Waals surface area contributed by atoms with Gasteiger partial charge in [-0.05, 0) is 43.3 Å². The van der Waals surface area contributed by atoms with Crippen molar-refractivity contribution < 1.29 is 9.18 Å². The molecule has 0 radical (unpaired) electrons. The smallest absolute Gasteiger partial charge is 0.264 e. The summed E-state index contributed by atoms with van der Waals surface area (Å²) in [6.07, 6.45) is 4.71. The molecule has 3 aromatic heterocycles. The molecule has 0 saturated carbocycles. The van der Waals surface area contributed by atoms with Crippen molar-refractivity contribution in [2.45, 2.75) is 19.9 Å². The third kappa shape index (κ3) is 3.75. The quantitative estimate of drug-likeness (QED) is 0.563. The average Bonchev–Trinajstić information content (AvgIpc) is 3.13. The Bertz CT molecular complexity index is 1230. The number of aromatic nitrogens is 5. The summed E-state index contributed by atoms with van der Waals surface area (Å²) in [7, 11) is 0. The molecule has 146 valence electrons. The van der Waals surface area contributed by atoms with Crippen LogP contribution in [-0.2, 0) is 11.3 Å². The summed E-state index contributed by atoms with van der Waals surface area (Å²) >= 11 is 0. The number of pyridine rings is 1. The average molecular weight is 392 g/mol. The zero-order valence-electron chi connectivity index (χ0n) is 15.5. The predicted octanol–water partition coefficient (Wildman–Crippen LogP) is 2.45. The number of hydrogen-bond donors (Lipinski definition) is 1. The standard InChI is InChI=1S/C20H17FN6O2/c1-13-24-19-17(12-23-27(19)16-4-2-14(21)3-5-16)20(29)26(13)11-8-18(28)25-15-6-9-22-10-7-15/h2-7,9-10,12H,8,11H2,1H3,(H,22,25,28). The number of rotatable bonds is 5. The lowest BCUT2D eigenvalue weighted by Crippen LogP contribution is -2.26. The van der Waals surface area contributed by atoms with E-state index in [1.807, 2.05) is 0 Å². The van der Waals surface area contributed by atoms with Gasteiger partial charge >= 0.3 is 0 Å². The van der Waals surface area contributed by atoms with Gasteiger partial charge in [0, 0.05) is 31.0 Å². The summed E-state index contributed by atoms with van der Waals surface area (Å²) in [5.74, 6) is -0.116. The Morgan fingerprint density at radius 3 is 2.59 bits per heavy atom. The maximum Gasteiger partial charge on any atom is 0.264 e. The first-order valence-electron chi connectivity index (χ1n) is 8.94. The van der Waals surface area contributed by atoms with Gasteiger partial charge in [0.1, 0.15) is 17.0 Å². The van der Waals surface area contributed by atoms with Gasteiger partial charge in [-0.15, -0.1) is 0 Å². The summed E-state index contributed by atoms with van der Waals surface area (Å²) in [5.41, 5.74) is 1.35. The van der Waals surface area contributed by atoms with Crippen molar-refractivity contribution in [2.75, 3.05) is 5.32 Å². The van der Waals surface area contributed by atoms with E-state index < -0.39 is 0 Å². The molecule has 1 aromatic carbocycles. The third-order valence-corrected chi connectivity index (χ3v) is 4.48. The minimum atomic E-state index is -0.359. The van der Waals surface area contributed by atoms with Crippen LogP contribution >= 0.6 is 0 Å². The largest absolute Gasteiger partial charge is 0.326 e. The molecular formula is C20H17FN6O2. The zero-order chi connectivity index (χ0) is 20.4. The number of carbonyl (C=O) groups excluding carboxylic acids is 1. The fraction of sp³-hybridized carbons (Fsp3) is 0.150. The van der Waals surface area contributed by atoms with Gasteiger partial charge < -0.3 is 5.32 Å². The second kappa shape index (κ2) is 7.63. The molecule has 0 aliphatic carbocycles. The highest BCUT2D eigenvalue weighted by molar-refractivity contribution is 5.90. The summed E-state index contributed by atoms with van der Waals surface area (Å²) in [4.78, 5) is 33.4. The number of nitrogens with one attached hydrogen (secondary N) is 1. The topological polar surface area (TPSA) is 94.7 Å². The molecule has 8 nitrogen and oxygen atoms in total. The van der Waals surface area contributed by atoms with Crippen LogP contribution in [0.1, 0.15) is 12.2 Å². The van der Waals surface area contributed by atoms with Crippen molar-refractivity contribution in [2.24, 2.45) is 0 Å². The summed E-state index contributed by atoms with van der Waals surface area (Å²) in [5, 5.41) is 7.31. The van der Waals surface area contributed by atoms with Crippen LogP contribution in [0, 0.1) is 12.7 Å². The van der Waals surface area contributed by atoms with Crippen molar-refractivity contribution in [3.63, 3.8) is 0 Å². The zero-order valence-corrected chi connectivity index (χ0v) is 15.5. The molecule has 0 unspecified atom stereocenters. The molecule has 29 heavy (non-hydrogen) atoms. The Balaban J connectivity index is 1.59.